The predicted octanol–water partition coefficient (Wildman–Crippen LogP) is 4.38. The van der Waals surface area contributed by atoms with Crippen molar-refractivity contribution in [2.75, 3.05) is 0 Å². The molecule has 1 aromatic carbocycles. The molecule has 2 aromatic rings. The van der Waals surface area contributed by atoms with Crippen LogP contribution in [0.25, 0.3) is 0 Å². The van der Waals surface area contributed by atoms with E-state index in [2.05, 4.69) is 11.4 Å². The minimum atomic E-state index is -0.434. The summed E-state index contributed by atoms with van der Waals surface area (Å²) in [5, 5.41) is 12.9. The second-order valence-electron chi connectivity index (χ2n) is 4.13. The molecule has 0 aliphatic rings. The fourth-order valence-corrected chi connectivity index (χ4v) is 2.76. The lowest BCUT2D eigenvalue weighted by molar-refractivity contribution is 0.167. The topological polar surface area (TPSA) is 20.2 Å². The summed E-state index contributed by atoms with van der Waals surface area (Å²) in [4.78, 5) is 1.31. The highest BCUT2D eigenvalue weighted by atomic mass is 35.5. The van der Waals surface area contributed by atoms with Crippen molar-refractivity contribution < 1.29 is 5.11 Å². The molecule has 1 nitrogen and oxygen atoms in total. The number of aliphatic hydroxyl groups is 1. The second kappa shape index (κ2) is 5.67. The number of halogens is 1. The van der Waals surface area contributed by atoms with Gasteiger partial charge in [0.1, 0.15) is 0 Å². The largest absolute Gasteiger partial charge is 0.388 e. The monoisotopic (exact) mass is 266 g/mol. The number of rotatable bonds is 4. The summed E-state index contributed by atoms with van der Waals surface area (Å²) in [5.41, 5.74) is 2.03. The number of aryl methyl sites for hydroxylation is 2. The molecule has 1 heterocycles. The van der Waals surface area contributed by atoms with Crippen LogP contribution in [0.5, 0.6) is 0 Å². The Morgan fingerprint density at radius 2 is 2.18 bits per heavy atom. The van der Waals surface area contributed by atoms with Crippen LogP contribution in [0.2, 0.25) is 5.02 Å². The van der Waals surface area contributed by atoms with Gasteiger partial charge in [-0.15, -0.1) is 11.3 Å². The van der Waals surface area contributed by atoms with Crippen LogP contribution in [0, 0.1) is 6.92 Å². The summed E-state index contributed by atoms with van der Waals surface area (Å²) in [6.45, 7) is 2.00. The maximum absolute atomic E-state index is 10.2. The Kier molecular flexibility index (Phi) is 4.21. The van der Waals surface area contributed by atoms with E-state index in [0.29, 0.717) is 5.02 Å². The van der Waals surface area contributed by atoms with E-state index in [0.717, 1.165) is 24.0 Å². The van der Waals surface area contributed by atoms with Gasteiger partial charge in [0.15, 0.2) is 0 Å². The zero-order valence-electron chi connectivity index (χ0n) is 9.69. The minimum Gasteiger partial charge on any atom is -0.388 e. The first-order valence-corrected chi connectivity index (χ1v) is 6.89. The number of benzene rings is 1. The molecule has 0 aliphatic heterocycles. The standard InChI is InChI=1S/C14H15ClOS/c1-10-4-5-11(15)9-13(10)14(16)7-6-12-3-2-8-17-12/h2-5,8-9,14,16H,6-7H2,1H3. The molecule has 1 aromatic heterocycles. The molecule has 0 fully saturated rings. The highest BCUT2D eigenvalue weighted by Crippen LogP contribution is 2.26. The third kappa shape index (κ3) is 3.32. The Labute approximate surface area is 111 Å². The van der Waals surface area contributed by atoms with E-state index in [1.165, 1.54) is 4.88 Å². The lowest BCUT2D eigenvalue weighted by Gasteiger charge is -2.13. The summed E-state index contributed by atoms with van der Waals surface area (Å²) >= 11 is 7.68. The van der Waals surface area contributed by atoms with Crippen LogP contribution in [-0.2, 0) is 6.42 Å². The quantitative estimate of drug-likeness (QED) is 0.871. The van der Waals surface area contributed by atoms with Crippen molar-refractivity contribution in [3.8, 4) is 0 Å². The van der Waals surface area contributed by atoms with Crippen molar-refractivity contribution >= 4 is 22.9 Å². The van der Waals surface area contributed by atoms with E-state index >= 15 is 0 Å². The van der Waals surface area contributed by atoms with Gasteiger partial charge in [-0.25, -0.2) is 0 Å². The van der Waals surface area contributed by atoms with E-state index in [9.17, 15) is 5.11 Å². The molecular formula is C14H15ClOS. The van der Waals surface area contributed by atoms with Gasteiger partial charge in [-0.3, -0.25) is 0 Å². The Morgan fingerprint density at radius 1 is 1.35 bits per heavy atom. The molecule has 17 heavy (non-hydrogen) atoms. The number of hydrogen-bond acceptors (Lipinski definition) is 2. The number of hydrogen-bond donors (Lipinski definition) is 1. The van der Waals surface area contributed by atoms with Gasteiger partial charge in [-0.05, 0) is 54.5 Å². The summed E-state index contributed by atoms with van der Waals surface area (Å²) in [6.07, 6.45) is 1.21. The Hall–Kier alpha value is -0.830. The SMILES string of the molecule is Cc1ccc(Cl)cc1C(O)CCc1cccs1. The third-order valence-corrected chi connectivity index (χ3v) is 4.02. The van der Waals surface area contributed by atoms with E-state index in [-0.39, 0.29) is 0 Å². The molecule has 1 N–H and O–H groups in total. The van der Waals surface area contributed by atoms with Crippen molar-refractivity contribution in [2.24, 2.45) is 0 Å². The predicted molar refractivity (Wildman–Crippen MR) is 73.8 cm³/mol. The van der Waals surface area contributed by atoms with Gasteiger partial charge in [0, 0.05) is 9.90 Å². The van der Waals surface area contributed by atoms with E-state index < -0.39 is 6.10 Å². The number of thiophene rings is 1. The fraction of sp³-hybridized carbons (Fsp3) is 0.286. The molecule has 2 rings (SSSR count). The molecule has 1 atom stereocenters. The van der Waals surface area contributed by atoms with Crippen LogP contribution in [0.1, 0.15) is 28.5 Å². The van der Waals surface area contributed by atoms with E-state index in [4.69, 9.17) is 11.6 Å². The van der Waals surface area contributed by atoms with Gasteiger partial charge >= 0.3 is 0 Å². The molecule has 90 valence electrons. The minimum absolute atomic E-state index is 0.434. The molecule has 0 radical (unpaired) electrons. The maximum Gasteiger partial charge on any atom is 0.0796 e. The Balaban J connectivity index is 2.04. The fourth-order valence-electron chi connectivity index (χ4n) is 1.86. The van der Waals surface area contributed by atoms with Crippen LogP contribution in [0.4, 0.5) is 0 Å². The summed E-state index contributed by atoms with van der Waals surface area (Å²) < 4.78 is 0. The van der Waals surface area contributed by atoms with Crippen LogP contribution in [-0.4, -0.2) is 5.11 Å². The highest BCUT2D eigenvalue weighted by Gasteiger charge is 2.11. The molecule has 0 bridgehead atoms. The number of aliphatic hydroxyl groups excluding tert-OH is 1. The van der Waals surface area contributed by atoms with Gasteiger partial charge in [-0.2, -0.15) is 0 Å². The summed E-state index contributed by atoms with van der Waals surface area (Å²) in [6, 6.07) is 9.80. The van der Waals surface area contributed by atoms with Crippen LogP contribution < -0.4 is 0 Å². The molecular weight excluding hydrogens is 252 g/mol. The van der Waals surface area contributed by atoms with Crippen LogP contribution in [0.15, 0.2) is 35.7 Å². The van der Waals surface area contributed by atoms with Gasteiger partial charge in [0.2, 0.25) is 0 Å². The lowest BCUT2D eigenvalue weighted by Crippen LogP contribution is -2.01. The molecule has 0 spiro atoms. The van der Waals surface area contributed by atoms with Crippen molar-refractivity contribution in [1.29, 1.82) is 0 Å². The first kappa shape index (κ1) is 12.6. The first-order chi connectivity index (χ1) is 8.16. The van der Waals surface area contributed by atoms with Crippen molar-refractivity contribution in [2.45, 2.75) is 25.9 Å². The van der Waals surface area contributed by atoms with Crippen molar-refractivity contribution in [1.82, 2.24) is 0 Å². The maximum atomic E-state index is 10.2. The van der Waals surface area contributed by atoms with Crippen molar-refractivity contribution in [3.05, 3.63) is 56.7 Å². The Morgan fingerprint density at radius 3 is 2.88 bits per heavy atom. The Bertz CT molecular complexity index is 479. The van der Waals surface area contributed by atoms with Crippen LogP contribution in [0.3, 0.4) is 0 Å². The molecule has 0 saturated heterocycles. The average Bonchev–Trinajstić information content (AvgIpc) is 2.82. The zero-order valence-corrected chi connectivity index (χ0v) is 11.3. The second-order valence-corrected chi connectivity index (χ2v) is 5.60. The molecule has 1 unspecified atom stereocenters. The van der Waals surface area contributed by atoms with Gasteiger partial charge in [0.25, 0.3) is 0 Å². The highest BCUT2D eigenvalue weighted by molar-refractivity contribution is 7.09. The zero-order chi connectivity index (χ0) is 12.3. The van der Waals surface area contributed by atoms with Gasteiger partial charge in [-0.1, -0.05) is 23.7 Å². The first-order valence-electron chi connectivity index (χ1n) is 5.63. The average molecular weight is 267 g/mol. The third-order valence-electron chi connectivity index (χ3n) is 2.84. The van der Waals surface area contributed by atoms with Gasteiger partial charge < -0.3 is 5.11 Å². The molecule has 3 heteroatoms. The van der Waals surface area contributed by atoms with E-state index in [1.807, 2.05) is 31.2 Å². The lowest BCUT2D eigenvalue weighted by atomic mass is 10.00. The molecule has 0 amide bonds. The molecule has 0 aliphatic carbocycles. The van der Waals surface area contributed by atoms with Gasteiger partial charge in [0.05, 0.1) is 6.10 Å². The summed E-state index contributed by atoms with van der Waals surface area (Å²) in [7, 11) is 0. The van der Waals surface area contributed by atoms with Crippen molar-refractivity contribution in [3.63, 3.8) is 0 Å². The van der Waals surface area contributed by atoms with Crippen LogP contribution >= 0.6 is 22.9 Å². The normalized spacial score (nSPS) is 12.6. The summed E-state index contributed by atoms with van der Waals surface area (Å²) in [5.74, 6) is 0. The smallest absolute Gasteiger partial charge is 0.0796 e. The van der Waals surface area contributed by atoms with E-state index in [1.54, 1.807) is 11.3 Å². The molecule has 0 saturated carbocycles.